The molecule has 1 aliphatic heterocycles. The van der Waals surface area contributed by atoms with Crippen LogP contribution in [0.5, 0.6) is 11.5 Å². The molecule has 1 aromatic carbocycles. The van der Waals surface area contributed by atoms with Crippen molar-refractivity contribution in [2.45, 2.75) is 24.8 Å². The van der Waals surface area contributed by atoms with Crippen LogP contribution in [-0.2, 0) is 11.3 Å². The minimum absolute atomic E-state index is 0.255. The van der Waals surface area contributed by atoms with Gasteiger partial charge in [-0.05, 0) is 24.6 Å². The number of ether oxygens (including phenoxy) is 3. The molecular formula is C14H17N3O4S. The van der Waals surface area contributed by atoms with Crippen LogP contribution in [0.1, 0.15) is 11.4 Å². The molecule has 2 heterocycles. The van der Waals surface area contributed by atoms with Crippen molar-refractivity contribution in [3.8, 4) is 11.5 Å². The van der Waals surface area contributed by atoms with E-state index in [4.69, 9.17) is 14.2 Å². The normalized spacial score (nSPS) is 14.3. The first-order chi connectivity index (χ1) is 10.7. The number of aliphatic hydroxyl groups excluding tert-OH is 1. The van der Waals surface area contributed by atoms with Crippen LogP contribution in [0.25, 0.3) is 0 Å². The fraction of sp³-hybridized carbons (Fsp3) is 0.429. The average Bonchev–Trinajstić information content (AvgIpc) is 3.13. The SMILES string of the molecule is Cc1nc(SC[C@@H](O)COCc2ccc3c(c2)OCO3)n[nH]1. The van der Waals surface area contributed by atoms with Gasteiger partial charge in [-0.15, -0.1) is 5.10 Å². The predicted molar refractivity (Wildman–Crippen MR) is 80.1 cm³/mol. The fourth-order valence-electron chi connectivity index (χ4n) is 1.95. The molecule has 3 rings (SSSR count). The summed E-state index contributed by atoms with van der Waals surface area (Å²) in [5.74, 6) is 2.73. The molecule has 1 atom stereocenters. The second-order valence-electron chi connectivity index (χ2n) is 4.87. The number of nitrogens with one attached hydrogen (secondary N) is 1. The van der Waals surface area contributed by atoms with Gasteiger partial charge in [-0.1, -0.05) is 17.8 Å². The Labute approximate surface area is 132 Å². The third kappa shape index (κ3) is 3.90. The molecule has 0 amide bonds. The van der Waals surface area contributed by atoms with Gasteiger partial charge in [0.1, 0.15) is 5.82 Å². The lowest BCUT2D eigenvalue weighted by molar-refractivity contribution is 0.0397. The summed E-state index contributed by atoms with van der Waals surface area (Å²) in [4.78, 5) is 4.16. The summed E-state index contributed by atoms with van der Waals surface area (Å²) in [5.41, 5.74) is 0.980. The number of thioether (sulfide) groups is 1. The standard InChI is InChI=1S/C14H17N3O4S/c1-9-15-14(17-16-9)22-7-11(18)6-19-5-10-2-3-12-13(4-10)21-8-20-12/h2-4,11,18H,5-8H2,1H3,(H,15,16,17)/t11-/m0/s1. The van der Waals surface area contributed by atoms with E-state index in [0.717, 1.165) is 22.9 Å². The van der Waals surface area contributed by atoms with Crippen LogP contribution in [0.15, 0.2) is 23.4 Å². The zero-order valence-electron chi connectivity index (χ0n) is 12.1. The van der Waals surface area contributed by atoms with Gasteiger partial charge in [0.25, 0.3) is 0 Å². The van der Waals surface area contributed by atoms with Crippen molar-refractivity contribution in [2.75, 3.05) is 19.2 Å². The fourth-order valence-corrected chi connectivity index (χ4v) is 2.70. The van der Waals surface area contributed by atoms with Gasteiger partial charge in [0.05, 0.1) is 19.3 Å². The molecule has 1 aliphatic rings. The molecule has 0 fully saturated rings. The summed E-state index contributed by atoms with van der Waals surface area (Å²) in [6.45, 7) is 2.77. The summed E-state index contributed by atoms with van der Waals surface area (Å²) in [6, 6.07) is 5.67. The number of aromatic amines is 1. The molecule has 0 unspecified atom stereocenters. The van der Waals surface area contributed by atoms with E-state index in [2.05, 4.69) is 15.2 Å². The number of benzene rings is 1. The highest BCUT2D eigenvalue weighted by atomic mass is 32.2. The van der Waals surface area contributed by atoms with Crippen molar-refractivity contribution in [1.29, 1.82) is 0 Å². The predicted octanol–water partition coefficient (Wildman–Crippen LogP) is 1.51. The Balaban J connectivity index is 1.39. The number of fused-ring (bicyclic) bond motifs is 1. The zero-order chi connectivity index (χ0) is 15.4. The maximum absolute atomic E-state index is 9.89. The van der Waals surface area contributed by atoms with Gasteiger partial charge in [-0.3, -0.25) is 5.10 Å². The maximum atomic E-state index is 9.89. The Morgan fingerprint density at radius 1 is 1.41 bits per heavy atom. The lowest BCUT2D eigenvalue weighted by Crippen LogP contribution is -2.18. The number of nitrogens with zero attached hydrogens (tertiary/aromatic N) is 2. The molecular weight excluding hydrogens is 306 g/mol. The topological polar surface area (TPSA) is 89.5 Å². The van der Waals surface area contributed by atoms with Crippen molar-refractivity contribution < 1.29 is 19.3 Å². The summed E-state index contributed by atoms with van der Waals surface area (Å²) < 4.78 is 16.1. The number of H-pyrrole nitrogens is 1. The Hall–Kier alpha value is -1.77. The Kier molecular flexibility index (Phi) is 4.81. The quantitative estimate of drug-likeness (QED) is 0.747. The number of aliphatic hydroxyl groups is 1. The summed E-state index contributed by atoms with van der Waals surface area (Å²) in [6.07, 6.45) is -0.571. The molecule has 7 nitrogen and oxygen atoms in total. The Morgan fingerprint density at radius 3 is 3.09 bits per heavy atom. The van der Waals surface area contributed by atoms with Gasteiger partial charge in [0.2, 0.25) is 11.9 Å². The van der Waals surface area contributed by atoms with Crippen molar-refractivity contribution >= 4 is 11.8 Å². The van der Waals surface area contributed by atoms with Crippen LogP contribution in [0.4, 0.5) is 0 Å². The lowest BCUT2D eigenvalue weighted by Gasteiger charge is -2.10. The van der Waals surface area contributed by atoms with E-state index in [1.807, 2.05) is 25.1 Å². The van der Waals surface area contributed by atoms with Crippen LogP contribution < -0.4 is 9.47 Å². The number of aromatic nitrogens is 3. The van der Waals surface area contributed by atoms with Crippen LogP contribution in [0.2, 0.25) is 0 Å². The smallest absolute Gasteiger partial charge is 0.231 e. The van der Waals surface area contributed by atoms with Gasteiger partial charge in [-0.2, -0.15) is 0 Å². The Bertz CT molecular complexity index is 634. The van der Waals surface area contributed by atoms with Crippen molar-refractivity contribution in [3.63, 3.8) is 0 Å². The zero-order valence-corrected chi connectivity index (χ0v) is 12.9. The highest BCUT2D eigenvalue weighted by molar-refractivity contribution is 7.99. The summed E-state index contributed by atoms with van der Waals surface area (Å²) >= 11 is 1.39. The highest BCUT2D eigenvalue weighted by Crippen LogP contribution is 2.32. The molecule has 0 saturated carbocycles. The van der Waals surface area contributed by atoms with Crippen LogP contribution >= 0.6 is 11.8 Å². The number of hydrogen-bond acceptors (Lipinski definition) is 7. The lowest BCUT2D eigenvalue weighted by atomic mass is 10.2. The molecule has 0 spiro atoms. The first-order valence-electron chi connectivity index (χ1n) is 6.87. The first kappa shape index (κ1) is 15.1. The average molecular weight is 323 g/mol. The van der Waals surface area contributed by atoms with Gasteiger partial charge >= 0.3 is 0 Å². The summed E-state index contributed by atoms with van der Waals surface area (Å²) in [5, 5.41) is 17.3. The monoisotopic (exact) mass is 323 g/mol. The van der Waals surface area contributed by atoms with E-state index in [1.54, 1.807) is 0 Å². The Morgan fingerprint density at radius 2 is 2.27 bits per heavy atom. The molecule has 0 bridgehead atoms. The van der Waals surface area contributed by atoms with Gasteiger partial charge < -0.3 is 19.3 Å². The summed E-state index contributed by atoms with van der Waals surface area (Å²) in [7, 11) is 0. The highest BCUT2D eigenvalue weighted by Gasteiger charge is 2.13. The molecule has 2 N–H and O–H groups in total. The van der Waals surface area contributed by atoms with Crippen molar-refractivity contribution in [1.82, 2.24) is 15.2 Å². The van der Waals surface area contributed by atoms with Gasteiger partial charge in [0.15, 0.2) is 11.5 Å². The number of rotatable bonds is 7. The van der Waals surface area contributed by atoms with Crippen LogP contribution in [0, 0.1) is 6.92 Å². The van der Waals surface area contributed by atoms with E-state index in [9.17, 15) is 5.11 Å². The van der Waals surface area contributed by atoms with E-state index in [1.165, 1.54) is 11.8 Å². The largest absolute Gasteiger partial charge is 0.454 e. The molecule has 118 valence electrons. The van der Waals surface area contributed by atoms with Gasteiger partial charge in [-0.25, -0.2) is 4.98 Å². The molecule has 0 radical (unpaired) electrons. The molecule has 2 aromatic rings. The third-order valence-corrected chi connectivity index (χ3v) is 3.99. The second-order valence-corrected chi connectivity index (χ2v) is 5.86. The maximum Gasteiger partial charge on any atom is 0.231 e. The van der Waals surface area contributed by atoms with Gasteiger partial charge in [0, 0.05) is 5.75 Å². The van der Waals surface area contributed by atoms with E-state index < -0.39 is 6.10 Å². The molecule has 1 aromatic heterocycles. The minimum atomic E-state index is -0.571. The number of aryl methyl sites for hydroxylation is 1. The molecule has 8 heteroatoms. The number of hydrogen-bond donors (Lipinski definition) is 2. The van der Waals surface area contributed by atoms with Crippen molar-refractivity contribution in [2.24, 2.45) is 0 Å². The first-order valence-corrected chi connectivity index (χ1v) is 7.85. The van der Waals surface area contributed by atoms with Crippen LogP contribution in [-0.4, -0.2) is 45.5 Å². The minimum Gasteiger partial charge on any atom is -0.454 e. The molecule has 22 heavy (non-hydrogen) atoms. The van der Waals surface area contributed by atoms with Crippen LogP contribution in [0.3, 0.4) is 0 Å². The van der Waals surface area contributed by atoms with Crippen molar-refractivity contribution in [3.05, 3.63) is 29.6 Å². The van der Waals surface area contributed by atoms with E-state index in [-0.39, 0.29) is 13.4 Å². The van der Waals surface area contributed by atoms with E-state index >= 15 is 0 Å². The third-order valence-electron chi connectivity index (χ3n) is 3.00. The molecule has 0 saturated heterocycles. The van der Waals surface area contributed by atoms with E-state index in [0.29, 0.717) is 17.5 Å². The molecule has 0 aliphatic carbocycles. The second kappa shape index (κ2) is 6.99.